The number of ether oxygens (including phenoxy) is 1. The number of aromatic amines is 1. The van der Waals surface area contributed by atoms with Crippen molar-refractivity contribution in [3.05, 3.63) is 57.5 Å². The Morgan fingerprint density at radius 1 is 1.32 bits per heavy atom. The fourth-order valence-electron chi connectivity index (χ4n) is 1.55. The molecule has 0 saturated heterocycles. The van der Waals surface area contributed by atoms with Gasteiger partial charge in [-0.05, 0) is 24.3 Å². The van der Waals surface area contributed by atoms with Gasteiger partial charge in [0.1, 0.15) is 11.4 Å². The number of rotatable bonds is 3. The van der Waals surface area contributed by atoms with Crippen molar-refractivity contribution in [2.24, 2.45) is 0 Å². The summed E-state index contributed by atoms with van der Waals surface area (Å²) in [6.07, 6.45) is 0. The van der Waals surface area contributed by atoms with E-state index in [9.17, 15) is 9.59 Å². The quantitative estimate of drug-likeness (QED) is 0.905. The highest BCUT2D eigenvalue weighted by molar-refractivity contribution is 6.31. The molecule has 2 N–H and O–H groups in total. The fourth-order valence-corrected chi connectivity index (χ4v) is 1.72. The van der Waals surface area contributed by atoms with Gasteiger partial charge in [-0.15, -0.1) is 0 Å². The molecule has 2 aromatic rings. The summed E-state index contributed by atoms with van der Waals surface area (Å²) < 4.78 is 5.12. The van der Waals surface area contributed by atoms with Crippen LogP contribution in [0.2, 0.25) is 5.02 Å². The van der Waals surface area contributed by atoms with Gasteiger partial charge in [0.2, 0.25) is 5.56 Å². The summed E-state index contributed by atoms with van der Waals surface area (Å²) in [6, 6.07) is 9.21. The zero-order chi connectivity index (χ0) is 13.8. The number of hydrogen-bond acceptors (Lipinski definition) is 3. The predicted octanol–water partition coefficient (Wildman–Crippen LogP) is 2.29. The number of amides is 1. The zero-order valence-electron chi connectivity index (χ0n) is 10.1. The Bertz CT molecular complexity index is 667. The summed E-state index contributed by atoms with van der Waals surface area (Å²) in [6.45, 7) is 0. The summed E-state index contributed by atoms with van der Waals surface area (Å²) >= 11 is 5.86. The second-order valence-electron chi connectivity index (χ2n) is 3.73. The molecule has 2 rings (SSSR count). The molecule has 0 unspecified atom stereocenters. The number of benzene rings is 1. The van der Waals surface area contributed by atoms with Crippen LogP contribution in [0.15, 0.2) is 41.2 Å². The Balaban J connectivity index is 2.28. The lowest BCUT2D eigenvalue weighted by molar-refractivity contribution is 0.102. The van der Waals surface area contributed by atoms with Gasteiger partial charge in [-0.3, -0.25) is 9.59 Å². The molecule has 1 aromatic carbocycles. The number of aromatic nitrogens is 1. The van der Waals surface area contributed by atoms with Crippen LogP contribution in [0.4, 0.5) is 5.69 Å². The van der Waals surface area contributed by atoms with Gasteiger partial charge in [-0.2, -0.15) is 0 Å². The van der Waals surface area contributed by atoms with Gasteiger partial charge in [0.15, 0.2) is 0 Å². The predicted molar refractivity (Wildman–Crippen MR) is 73.0 cm³/mol. The van der Waals surface area contributed by atoms with E-state index < -0.39 is 5.91 Å². The smallest absolute Gasteiger partial charge is 0.272 e. The largest absolute Gasteiger partial charge is 0.495 e. The van der Waals surface area contributed by atoms with Gasteiger partial charge < -0.3 is 15.0 Å². The molecule has 0 spiro atoms. The van der Waals surface area contributed by atoms with Gasteiger partial charge >= 0.3 is 0 Å². The van der Waals surface area contributed by atoms with E-state index in [2.05, 4.69) is 10.3 Å². The van der Waals surface area contributed by atoms with Gasteiger partial charge in [0.25, 0.3) is 5.91 Å². The highest BCUT2D eigenvalue weighted by Gasteiger charge is 2.10. The van der Waals surface area contributed by atoms with Crippen LogP contribution in [-0.2, 0) is 0 Å². The molecule has 0 radical (unpaired) electrons. The molecule has 0 saturated carbocycles. The number of carbonyl (C=O) groups is 1. The van der Waals surface area contributed by atoms with Crippen molar-refractivity contribution in [2.75, 3.05) is 12.4 Å². The Labute approximate surface area is 114 Å². The first-order chi connectivity index (χ1) is 9.10. The Morgan fingerprint density at radius 2 is 2.11 bits per heavy atom. The molecule has 0 fully saturated rings. The number of H-pyrrole nitrogens is 1. The third kappa shape index (κ3) is 3.14. The van der Waals surface area contributed by atoms with Crippen LogP contribution in [0, 0.1) is 0 Å². The molecule has 0 atom stereocenters. The molecular weight excluding hydrogens is 268 g/mol. The van der Waals surface area contributed by atoms with Crippen molar-refractivity contribution in [3.8, 4) is 5.75 Å². The Morgan fingerprint density at radius 3 is 2.79 bits per heavy atom. The molecule has 5 nitrogen and oxygen atoms in total. The molecule has 1 heterocycles. The molecule has 0 aliphatic rings. The minimum Gasteiger partial charge on any atom is -0.495 e. The molecular formula is C13H11ClN2O3. The van der Waals surface area contributed by atoms with Crippen molar-refractivity contribution in [1.29, 1.82) is 0 Å². The summed E-state index contributed by atoms with van der Waals surface area (Å²) in [5.74, 6) is 0.0364. The molecule has 6 heteroatoms. The molecule has 19 heavy (non-hydrogen) atoms. The second kappa shape index (κ2) is 5.58. The number of nitrogens with one attached hydrogen (secondary N) is 2. The van der Waals surface area contributed by atoms with E-state index in [1.807, 2.05) is 0 Å². The van der Waals surface area contributed by atoms with Crippen LogP contribution in [0.5, 0.6) is 5.75 Å². The topological polar surface area (TPSA) is 71.2 Å². The maximum absolute atomic E-state index is 12.0. The normalized spacial score (nSPS) is 10.0. The maximum atomic E-state index is 12.0. The Hall–Kier alpha value is -2.27. The summed E-state index contributed by atoms with van der Waals surface area (Å²) in [5, 5.41) is 3.10. The highest BCUT2D eigenvalue weighted by Crippen LogP contribution is 2.27. The molecule has 0 aliphatic heterocycles. The fraction of sp³-hybridized carbons (Fsp3) is 0.0769. The van der Waals surface area contributed by atoms with E-state index in [0.29, 0.717) is 16.5 Å². The average molecular weight is 279 g/mol. The molecule has 98 valence electrons. The summed E-state index contributed by atoms with van der Waals surface area (Å²) in [4.78, 5) is 25.5. The van der Waals surface area contributed by atoms with Crippen LogP contribution in [0.1, 0.15) is 10.5 Å². The lowest BCUT2D eigenvalue weighted by Crippen LogP contribution is -2.18. The maximum Gasteiger partial charge on any atom is 0.272 e. The third-order valence-electron chi connectivity index (χ3n) is 2.42. The SMILES string of the molecule is COc1ccc(Cl)cc1NC(=O)c1cccc(=O)[nH]1. The molecule has 0 bridgehead atoms. The number of methoxy groups -OCH3 is 1. The standard InChI is InChI=1S/C13H11ClN2O3/c1-19-11-6-5-8(14)7-10(11)16-13(18)9-3-2-4-12(17)15-9/h2-7H,1H3,(H,15,17)(H,16,18). The Kier molecular flexibility index (Phi) is 3.87. The van der Waals surface area contributed by atoms with Crippen LogP contribution in [0.25, 0.3) is 0 Å². The average Bonchev–Trinajstić information content (AvgIpc) is 2.39. The summed E-state index contributed by atoms with van der Waals surface area (Å²) in [7, 11) is 1.49. The number of hydrogen-bond donors (Lipinski definition) is 2. The lowest BCUT2D eigenvalue weighted by atomic mass is 10.2. The van der Waals surface area contributed by atoms with Crippen molar-refractivity contribution in [2.45, 2.75) is 0 Å². The van der Waals surface area contributed by atoms with E-state index in [1.54, 1.807) is 18.2 Å². The summed E-state index contributed by atoms with van der Waals surface area (Å²) in [5.41, 5.74) is 0.255. The van der Waals surface area contributed by atoms with Crippen LogP contribution >= 0.6 is 11.6 Å². The van der Waals surface area contributed by atoms with Gasteiger partial charge in [0, 0.05) is 11.1 Å². The van der Waals surface area contributed by atoms with Crippen molar-refractivity contribution in [3.63, 3.8) is 0 Å². The minimum atomic E-state index is -0.446. The van der Waals surface area contributed by atoms with Gasteiger partial charge in [-0.25, -0.2) is 0 Å². The lowest BCUT2D eigenvalue weighted by Gasteiger charge is -2.10. The molecule has 1 aromatic heterocycles. The van der Waals surface area contributed by atoms with E-state index in [-0.39, 0.29) is 11.3 Å². The first-order valence-electron chi connectivity index (χ1n) is 5.44. The van der Waals surface area contributed by atoms with Gasteiger partial charge in [0.05, 0.1) is 12.8 Å². The van der Waals surface area contributed by atoms with Crippen LogP contribution in [0.3, 0.4) is 0 Å². The first-order valence-corrected chi connectivity index (χ1v) is 5.82. The number of anilines is 1. The first kappa shape index (κ1) is 13.2. The minimum absolute atomic E-state index is 0.162. The van der Waals surface area contributed by atoms with E-state index in [0.717, 1.165) is 0 Å². The van der Waals surface area contributed by atoms with Gasteiger partial charge in [-0.1, -0.05) is 17.7 Å². The number of halogens is 1. The number of pyridine rings is 1. The molecule has 1 amide bonds. The van der Waals surface area contributed by atoms with Crippen molar-refractivity contribution >= 4 is 23.2 Å². The van der Waals surface area contributed by atoms with Crippen molar-refractivity contribution in [1.82, 2.24) is 4.98 Å². The zero-order valence-corrected chi connectivity index (χ0v) is 10.8. The van der Waals surface area contributed by atoms with Crippen molar-refractivity contribution < 1.29 is 9.53 Å². The van der Waals surface area contributed by atoms with E-state index in [1.165, 1.54) is 25.3 Å². The second-order valence-corrected chi connectivity index (χ2v) is 4.16. The third-order valence-corrected chi connectivity index (χ3v) is 2.66. The van der Waals surface area contributed by atoms with Crippen LogP contribution in [-0.4, -0.2) is 18.0 Å². The monoisotopic (exact) mass is 278 g/mol. The van der Waals surface area contributed by atoms with E-state index in [4.69, 9.17) is 16.3 Å². The van der Waals surface area contributed by atoms with E-state index >= 15 is 0 Å². The molecule has 0 aliphatic carbocycles. The van der Waals surface area contributed by atoms with Crippen LogP contribution < -0.4 is 15.6 Å². The highest BCUT2D eigenvalue weighted by atomic mass is 35.5. The number of carbonyl (C=O) groups excluding carboxylic acids is 1.